The Bertz CT molecular complexity index is 478. The molecule has 1 aromatic rings. The Morgan fingerprint density at radius 3 is 3.05 bits per heavy atom. The molecule has 0 amide bonds. The predicted octanol–water partition coefficient (Wildman–Crippen LogP) is 1.45. The van der Waals surface area contributed by atoms with Crippen molar-refractivity contribution in [3.63, 3.8) is 0 Å². The Labute approximate surface area is 112 Å². The van der Waals surface area contributed by atoms with Crippen LogP contribution in [-0.2, 0) is 0 Å². The van der Waals surface area contributed by atoms with E-state index in [1.54, 1.807) is 18.3 Å². The van der Waals surface area contributed by atoms with E-state index in [0.29, 0.717) is 17.4 Å². The Hall–Kier alpha value is -1.62. The van der Waals surface area contributed by atoms with E-state index in [4.69, 9.17) is 0 Å². The van der Waals surface area contributed by atoms with E-state index >= 15 is 0 Å². The first-order chi connectivity index (χ1) is 9.25. The van der Waals surface area contributed by atoms with E-state index in [2.05, 4.69) is 14.8 Å². The lowest BCUT2D eigenvalue weighted by molar-refractivity contribution is 0.0696. The van der Waals surface area contributed by atoms with Crippen LogP contribution in [0.5, 0.6) is 0 Å². The lowest BCUT2D eigenvalue weighted by Gasteiger charge is -2.44. The highest BCUT2D eigenvalue weighted by atomic mass is 16.4. The number of piperidine rings is 1. The molecule has 1 atom stereocenters. The molecule has 0 aromatic carbocycles. The van der Waals surface area contributed by atoms with Gasteiger partial charge in [0.25, 0.3) is 0 Å². The molecule has 1 aromatic heterocycles. The zero-order valence-corrected chi connectivity index (χ0v) is 11.0. The van der Waals surface area contributed by atoms with Gasteiger partial charge in [-0.15, -0.1) is 0 Å². The van der Waals surface area contributed by atoms with E-state index in [9.17, 15) is 9.90 Å². The van der Waals surface area contributed by atoms with Crippen LogP contribution < -0.4 is 4.90 Å². The summed E-state index contributed by atoms with van der Waals surface area (Å²) in [6.07, 6.45) is 5.46. The van der Waals surface area contributed by atoms with Gasteiger partial charge >= 0.3 is 5.97 Å². The first-order valence-electron chi connectivity index (χ1n) is 6.93. The van der Waals surface area contributed by atoms with Gasteiger partial charge in [-0.2, -0.15) is 0 Å². The van der Waals surface area contributed by atoms with Crippen molar-refractivity contribution in [1.82, 2.24) is 9.88 Å². The molecule has 0 bridgehead atoms. The van der Waals surface area contributed by atoms with Crippen LogP contribution in [0.4, 0.5) is 5.82 Å². The van der Waals surface area contributed by atoms with Gasteiger partial charge in [0.1, 0.15) is 11.4 Å². The summed E-state index contributed by atoms with van der Waals surface area (Å²) in [5, 5.41) is 9.25. The van der Waals surface area contributed by atoms with Gasteiger partial charge in [0.15, 0.2) is 0 Å². The summed E-state index contributed by atoms with van der Waals surface area (Å²) >= 11 is 0. The number of fused-ring (bicyclic) bond motifs is 1. The Morgan fingerprint density at radius 2 is 2.21 bits per heavy atom. The average molecular weight is 261 g/mol. The highest BCUT2D eigenvalue weighted by Crippen LogP contribution is 2.25. The van der Waals surface area contributed by atoms with Gasteiger partial charge in [0.2, 0.25) is 0 Å². The van der Waals surface area contributed by atoms with Gasteiger partial charge < -0.3 is 10.0 Å². The van der Waals surface area contributed by atoms with E-state index in [0.717, 1.165) is 19.6 Å². The molecule has 2 aliphatic heterocycles. The highest BCUT2D eigenvalue weighted by Gasteiger charge is 2.30. The van der Waals surface area contributed by atoms with Crippen molar-refractivity contribution in [3.05, 3.63) is 23.9 Å². The lowest BCUT2D eigenvalue weighted by atomic mass is 9.99. The molecule has 1 unspecified atom stereocenters. The third kappa shape index (κ3) is 2.42. The summed E-state index contributed by atoms with van der Waals surface area (Å²) in [4.78, 5) is 20.2. The van der Waals surface area contributed by atoms with Crippen molar-refractivity contribution in [3.8, 4) is 0 Å². The summed E-state index contributed by atoms with van der Waals surface area (Å²) in [7, 11) is 0. The fourth-order valence-corrected chi connectivity index (χ4v) is 3.16. The van der Waals surface area contributed by atoms with Crippen LogP contribution in [0.3, 0.4) is 0 Å². The highest BCUT2D eigenvalue weighted by molar-refractivity contribution is 5.93. The summed E-state index contributed by atoms with van der Waals surface area (Å²) in [5.74, 6) is -0.269. The number of aromatic nitrogens is 1. The van der Waals surface area contributed by atoms with Gasteiger partial charge in [0.05, 0.1) is 0 Å². The number of pyridine rings is 1. The van der Waals surface area contributed by atoms with Gasteiger partial charge in [-0.3, -0.25) is 4.90 Å². The summed E-state index contributed by atoms with van der Waals surface area (Å²) in [6, 6.07) is 3.88. The van der Waals surface area contributed by atoms with Crippen molar-refractivity contribution >= 4 is 11.8 Å². The predicted molar refractivity (Wildman–Crippen MR) is 72.6 cm³/mol. The van der Waals surface area contributed by atoms with Crippen LogP contribution in [0.1, 0.15) is 29.6 Å². The zero-order chi connectivity index (χ0) is 13.2. The molecule has 2 fully saturated rings. The van der Waals surface area contributed by atoms with Crippen LogP contribution in [0, 0.1) is 0 Å². The maximum atomic E-state index is 11.3. The fraction of sp³-hybridized carbons (Fsp3) is 0.571. The molecular weight excluding hydrogens is 242 g/mol. The number of carboxylic acids is 1. The van der Waals surface area contributed by atoms with Gasteiger partial charge in [-0.1, -0.05) is 6.42 Å². The monoisotopic (exact) mass is 261 g/mol. The lowest BCUT2D eigenvalue weighted by Crippen LogP contribution is -2.55. The topological polar surface area (TPSA) is 56.7 Å². The Balaban J connectivity index is 1.81. The van der Waals surface area contributed by atoms with E-state index in [1.807, 2.05) is 0 Å². The number of rotatable bonds is 2. The molecule has 2 aliphatic rings. The Kier molecular flexibility index (Phi) is 3.38. The minimum atomic E-state index is -0.894. The van der Waals surface area contributed by atoms with Crippen molar-refractivity contribution in [1.29, 1.82) is 0 Å². The minimum Gasteiger partial charge on any atom is -0.478 e. The van der Waals surface area contributed by atoms with Crippen LogP contribution >= 0.6 is 0 Å². The largest absolute Gasteiger partial charge is 0.478 e. The maximum Gasteiger partial charge on any atom is 0.339 e. The van der Waals surface area contributed by atoms with Crippen molar-refractivity contribution < 1.29 is 9.90 Å². The molecule has 0 spiro atoms. The Morgan fingerprint density at radius 1 is 1.32 bits per heavy atom. The molecule has 1 N–H and O–H groups in total. The normalized spacial score (nSPS) is 24.0. The van der Waals surface area contributed by atoms with Crippen LogP contribution in [0.25, 0.3) is 0 Å². The third-order valence-electron chi connectivity index (χ3n) is 4.15. The van der Waals surface area contributed by atoms with Crippen LogP contribution in [0.2, 0.25) is 0 Å². The smallest absolute Gasteiger partial charge is 0.339 e. The molecule has 0 radical (unpaired) electrons. The quantitative estimate of drug-likeness (QED) is 0.873. The number of anilines is 1. The number of carboxylic acid groups (broad SMARTS) is 1. The van der Waals surface area contributed by atoms with Gasteiger partial charge in [-0.05, 0) is 31.5 Å². The molecule has 5 heteroatoms. The first kappa shape index (κ1) is 12.4. The summed E-state index contributed by atoms with van der Waals surface area (Å²) < 4.78 is 0. The zero-order valence-electron chi connectivity index (χ0n) is 11.0. The molecule has 0 saturated carbocycles. The molecule has 3 rings (SSSR count). The number of hydrogen-bond acceptors (Lipinski definition) is 4. The number of hydrogen-bond donors (Lipinski definition) is 1. The van der Waals surface area contributed by atoms with Gasteiger partial charge in [0, 0.05) is 31.9 Å². The molecule has 102 valence electrons. The third-order valence-corrected chi connectivity index (χ3v) is 4.15. The summed E-state index contributed by atoms with van der Waals surface area (Å²) in [5.41, 5.74) is 0.312. The number of piperazine rings is 1. The number of nitrogens with zero attached hydrogens (tertiary/aromatic N) is 3. The van der Waals surface area contributed by atoms with Crippen LogP contribution in [-0.4, -0.2) is 53.2 Å². The summed E-state index contributed by atoms with van der Waals surface area (Å²) in [6.45, 7) is 3.97. The van der Waals surface area contributed by atoms with Crippen LogP contribution in [0.15, 0.2) is 18.3 Å². The average Bonchev–Trinajstić information content (AvgIpc) is 2.46. The molecule has 19 heavy (non-hydrogen) atoms. The van der Waals surface area contributed by atoms with Crippen molar-refractivity contribution in [2.45, 2.75) is 25.3 Å². The molecule has 0 aliphatic carbocycles. The second kappa shape index (κ2) is 5.17. The van der Waals surface area contributed by atoms with Crippen molar-refractivity contribution in [2.24, 2.45) is 0 Å². The minimum absolute atomic E-state index is 0.312. The number of carbonyl (C=O) groups is 1. The number of aromatic carboxylic acids is 1. The second-order valence-corrected chi connectivity index (χ2v) is 5.31. The molecule has 3 heterocycles. The second-order valence-electron chi connectivity index (χ2n) is 5.31. The molecule has 2 saturated heterocycles. The fourth-order valence-electron chi connectivity index (χ4n) is 3.16. The van der Waals surface area contributed by atoms with Crippen molar-refractivity contribution in [2.75, 3.05) is 31.1 Å². The SMILES string of the molecule is O=C(O)c1cccnc1N1CCN2CCCCC2C1. The maximum absolute atomic E-state index is 11.3. The standard InChI is InChI=1S/C14H19N3O2/c18-14(19)12-5-3-6-15-13(12)17-9-8-16-7-2-1-4-11(16)10-17/h3,5-6,11H,1-2,4,7-10H2,(H,18,19). The first-order valence-corrected chi connectivity index (χ1v) is 6.93. The van der Waals surface area contributed by atoms with Gasteiger partial charge in [-0.25, -0.2) is 9.78 Å². The van der Waals surface area contributed by atoms with E-state index in [1.165, 1.54) is 25.8 Å². The van der Waals surface area contributed by atoms with E-state index in [-0.39, 0.29) is 0 Å². The van der Waals surface area contributed by atoms with E-state index < -0.39 is 5.97 Å². The molecular formula is C14H19N3O2. The molecule has 5 nitrogen and oxygen atoms in total.